The quantitative estimate of drug-likeness (QED) is 0.366. The van der Waals surface area contributed by atoms with Gasteiger partial charge < -0.3 is 4.90 Å². The molecule has 0 spiro atoms. The summed E-state index contributed by atoms with van der Waals surface area (Å²) in [5, 5.41) is 14.7. The van der Waals surface area contributed by atoms with Gasteiger partial charge in [-0.1, -0.05) is 18.2 Å². The zero-order chi connectivity index (χ0) is 16.3. The number of allylic oxidation sites excluding steroid dienone is 1. The molecular formula is C15H16N4O3. The first-order valence-corrected chi connectivity index (χ1v) is 6.56. The molecule has 0 unspecified atom stereocenters. The van der Waals surface area contributed by atoms with Crippen LogP contribution in [0.2, 0.25) is 0 Å². The van der Waals surface area contributed by atoms with Gasteiger partial charge in [-0.3, -0.25) is 19.6 Å². The Kier molecular flexibility index (Phi) is 4.36. The van der Waals surface area contributed by atoms with Gasteiger partial charge in [0.2, 0.25) is 11.5 Å². The number of nitro groups is 1. The molecule has 0 aliphatic heterocycles. The zero-order valence-corrected chi connectivity index (χ0v) is 12.6. The van der Waals surface area contributed by atoms with Crippen LogP contribution in [0.25, 0.3) is 6.08 Å². The molecule has 0 atom stereocenters. The van der Waals surface area contributed by atoms with Gasteiger partial charge in [0.15, 0.2) is 0 Å². The molecule has 1 heterocycles. The van der Waals surface area contributed by atoms with Crippen LogP contribution in [0.5, 0.6) is 0 Å². The van der Waals surface area contributed by atoms with E-state index in [0.717, 1.165) is 11.3 Å². The molecule has 0 radical (unpaired) electrons. The maximum atomic E-state index is 12.1. The molecule has 7 nitrogen and oxygen atoms in total. The molecule has 0 bridgehead atoms. The van der Waals surface area contributed by atoms with E-state index >= 15 is 0 Å². The molecule has 2 rings (SSSR count). The van der Waals surface area contributed by atoms with Crippen molar-refractivity contribution in [2.45, 2.75) is 0 Å². The number of benzene rings is 1. The van der Waals surface area contributed by atoms with Gasteiger partial charge in [0.05, 0.1) is 4.92 Å². The zero-order valence-electron chi connectivity index (χ0n) is 12.6. The molecule has 0 aliphatic rings. The fraction of sp³-hybridized carbons (Fsp3) is 0.200. The van der Waals surface area contributed by atoms with Gasteiger partial charge in [0.25, 0.3) is 0 Å². The third-order valence-corrected chi connectivity index (χ3v) is 3.08. The lowest BCUT2D eigenvalue weighted by Crippen LogP contribution is -2.07. The van der Waals surface area contributed by atoms with Crippen LogP contribution < -0.4 is 4.90 Å². The summed E-state index contributed by atoms with van der Waals surface area (Å²) in [6.45, 7) is 0. The summed E-state index contributed by atoms with van der Waals surface area (Å²) in [7, 11) is 5.41. The summed E-state index contributed by atoms with van der Waals surface area (Å²) in [6.07, 6.45) is 4.12. The number of anilines is 1. The first-order valence-electron chi connectivity index (χ1n) is 6.56. The van der Waals surface area contributed by atoms with Crippen LogP contribution in [0, 0.1) is 10.1 Å². The van der Waals surface area contributed by atoms with Crippen LogP contribution in [0.15, 0.2) is 36.5 Å². The Morgan fingerprint density at radius 3 is 2.50 bits per heavy atom. The molecule has 1 aromatic carbocycles. The number of nitrogens with zero attached hydrogens (tertiary/aromatic N) is 4. The molecular weight excluding hydrogens is 284 g/mol. The minimum atomic E-state index is -0.611. The summed E-state index contributed by atoms with van der Waals surface area (Å²) in [6, 6.07) is 7.58. The van der Waals surface area contributed by atoms with Crippen LogP contribution in [0.3, 0.4) is 0 Å². The van der Waals surface area contributed by atoms with E-state index in [1.54, 1.807) is 6.08 Å². The number of rotatable bonds is 5. The van der Waals surface area contributed by atoms with Crippen molar-refractivity contribution in [3.63, 3.8) is 0 Å². The lowest BCUT2D eigenvalue weighted by atomic mass is 10.1. The highest BCUT2D eigenvalue weighted by Gasteiger charge is 2.22. The van der Waals surface area contributed by atoms with Crippen LogP contribution in [0.4, 0.5) is 11.4 Å². The first kappa shape index (κ1) is 15.4. The van der Waals surface area contributed by atoms with Crippen LogP contribution in [-0.4, -0.2) is 34.6 Å². The van der Waals surface area contributed by atoms with Crippen molar-refractivity contribution in [2.75, 3.05) is 19.0 Å². The molecule has 1 aromatic heterocycles. The summed E-state index contributed by atoms with van der Waals surface area (Å²) in [5.74, 6) is -0.496. The normalized spacial score (nSPS) is 10.9. The van der Waals surface area contributed by atoms with E-state index < -0.39 is 10.7 Å². The van der Waals surface area contributed by atoms with Crippen molar-refractivity contribution in [2.24, 2.45) is 7.05 Å². The summed E-state index contributed by atoms with van der Waals surface area (Å²) < 4.78 is 1.26. The molecule has 0 saturated carbocycles. The fourth-order valence-corrected chi connectivity index (χ4v) is 1.92. The molecule has 7 heteroatoms. The second kappa shape index (κ2) is 6.21. The number of hydrogen-bond acceptors (Lipinski definition) is 5. The second-order valence-electron chi connectivity index (χ2n) is 4.98. The van der Waals surface area contributed by atoms with Crippen LogP contribution in [-0.2, 0) is 7.05 Å². The fourth-order valence-electron chi connectivity index (χ4n) is 1.92. The second-order valence-corrected chi connectivity index (χ2v) is 4.98. The molecule has 2 aromatic rings. The first-order chi connectivity index (χ1) is 10.4. The number of aromatic nitrogens is 2. The standard InChI is InChI=1S/C15H16N4O3/c1-17(2)12-7-4-11(5-8-12)6-9-14(20)15-13(19(21)22)10-18(3)16-15/h4-10H,1-3H3. The Morgan fingerprint density at radius 1 is 1.32 bits per heavy atom. The predicted octanol–water partition coefficient (Wildman–Crippen LogP) is 2.29. The largest absolute Gasteiger partial charge is 0.378 e. The van der Waals surface area contributed by atoms with E-state index in [2.05, 4.69) is 5.10 Å². The van der Waals surface area contributed by atoms with Gasteiger partial charge in [-0.2, -0.15) is 5.10 Å². The van der Waals surface area contributed by atoms with Gasteiger partial charge in [0, 0.05) is 26.8 Å². The monoisotopic (exact) mass is 300 g/mol. The highest BCUT2D eigenvalue weighted by molar-refractivity contribution is 6.07. The summed E-state index contributed by atoms with van der Waals surface area (Å²) >= 11 is 0. The van der Waals surface area contributed by atoms with Crippen molar-refractivity contribution < 1.29 is 9.72 Å². The van der Waals surface area contributed by atoms with Crippen molar-refractivity contribution in [3.8, 4) is 0 Å². The molecule has 0 amide bonds. The lowest BCUT2D eigenvalue weighted by molar-refractivity contribution is -0.385. The van der Waals surface area contributed by atoms with E-state index in [-0.39, 0.29) is 11.4 Å². The molecule has 0 fully saturated rings. The van der Waals surface area contributed by atoms with Gasteiger partial charge in [-0.05, 0) is 23.8 Å². The maximum Gasteiger partial charge on any atom is 0.318 e. The molecule has 0 N–H and O–H groups in total. The average molecular weight is 300 g/mol. The minimum absolute atomic E-state index is 0.159. The topological polar surface area (TPSA) is 81.3 Å². The van der Waals surface area contributed by atoms with Crippen molar-refractivity contribution in [1.82, 2.24) is 9.78 Å². The molecule has 22 heavy (non-hydrogen) atoms. The predicted molar refractivity (Wildman–Crippen MR) is 84.0 cm³/mol. The van der Waals surface area contributed by atoms with E-state index in [0.29, 0.717) is 0 Å². The van der Waals surface area contributed by atoms with Gasteiger partial charge in [-0.15, -0.1) is 0 Å². The van der Waals surface area contributed by atoms with Crippen molar-refractivity contribution >= 4 is 23.2 Å². The number of aryl methyl sites for hydroxylation is 1. The van der Waals surface area contributed by atoms with E-state index in [4.69, 9.17) is 0 Å². The third kappa shape index (κ3) is 3.38. The molecule has 0 saturated heterocycles. The van der Waals surface area contributed by atoms with Crippen LogP contribution in [0.1, 0.15) is 16.1 Å². The molecule has 0 aliphatic carbocycles. The Bertz CT molecular complexity index is 730. The van der Waals surface area contributed by atoms with Gasteiger partial charge in [0.1, 0.15) is 6.20 Å². The summed E-state index contributed by atoms with van der Waals surface area (Å²) in [5.41, 5.74) is 1.43. The average Bonchev–Trinajstić information content (AvgIpc) is 2.87. The van der Waals surface area contributed by atoms with E-state index in [1.165, 1.54) is 24.0 Å². The van der Waals surface area contributed by atoms with Gasteiger partial charge >= 0.3 is 5.69 Å². The number of hydrogen-bond donors (Lipinski definition) is 0. The Hall–Kier alpha value is -2.96. The maximum absolute atomic E-state index is 12.1. The Labute approximate surface area is 127 Å². The van der Waals surface area contributed by atoms with E-state index in [1.807, 2.05) is 43.3 Å². The number of carbonyl (C=O) groups is 1. The Morgan fingerprint density at radius 2 is 1.95 bits per heavy atom. The number of carbonyl (C=O) groups excluding carboxylic acids is 1. The summed E-state index contributed by atoms with van der Waals surface area (Å²) in [4.78, 5) is 24.3. The minimum Gasteiger partial charge on any atom is -0.378 e. The van der Waals surface area contributed by atoms with Crippen molar-refractivity contribution in [3.05, 3.63) is 57.9 Å². The lowest BCUT2D eigenvalue weighted by Gasteiger charge is -2.11. The van der Waals surface area contributed by atoms with E-state index in [9.17, 15) is 14.9 Å². The molecule has 114 valence electrons. The van der Waals surface area contributed by atoms with Crippen molar-refractivity contribution in [1.29, 1.82) is 0 Å². The Balaban J connectivity index is 2.19. The van der Waals surface area contributed by atoms with Crippen LogP contribution >= 0.6 is 0 Å². The number of ketones is 1. The SMILES string of the molecule is CN(C)c1ccc(C=CC(=O)c2nn(C)cc2[N+](=O)[O-])cc1. The third-order valence-electron chi connectivity index (χ3n) is 3.08. The van der Waals surface area contributed by atoms with Gasteiger partial charge in [-0.25, -0.2) is 0 Å². The highest BCUT2D eigenvalue weighted by Crippen LogP contribution is 2.18. The highest BCUT2D eigenvalue weighted by atomic mass is 16.6. The smallest absolute Gasteiger partial charge is 0.318 e.